The molecule has 0 amide bonds. The fraction of sp³-hybridized carbons (Fsp3) is 0.960. The zero-order chi connectivity index (χ0) is 21.0. The van der Waals surface area contributed by atoms with Gasteiger partial charge in [0.1, 0.15) is 0 Å². The normalized spacial score (nSPS) is 46.9. The van der Waals surface area contributed by atoms with Crippen molar-refractivity contribution in [1.29, 1.82) is 0 Å². The predicted molar refractivity (Wildman–Crippen MR) is 113 cm³/mol. The number of methoxy groups -OCH3 is 1. The van der Waals surface area contributed by atoms with Crippen LogP contribution in [0.1, 0.15) is 91.4 Å². The van der Waals surface area contributed by atoms with Gasteiger partial charge in [-0.3, -0.25) is 4.79 Å². The van der Waals surface area contributed by atoms with Gasteiger partial charge in [0.2, 0.25) is 0 Å². The molecule has 0 aliphatic heterocycles. The first kappa shape index (κ1) is 21.6. The zero-order valence-corrected chi connectivity index (χ0v) is 19.0. The van der Waals surface area contributed by atoms with E-state index in [9.17, 15) is 15.0 Å². The minimum Gasteiger partial charge on any atom is -0.469 e. The molecule has 0 aromatic carbocycles. The lowest BCUT2D eigenvalue weighted by atomic mass is 9.44. The van der Waals surface area contributed by atoms with Gasteiger partial charge < -0.3 is 14.9 Å². The van der Waals surface area contributed by atoms with Crippen LogP contribution < -0.4 is 0 Å². The van der Waals surface area contributed by atoms with Gasteiger partial charge in [0.15, 0.2) is 5.79 Å². The third-order valence-corrected chi connectivity index (χ3v) is 10.5. The minimum atomic E-state index is -1.44. The average Bonchev–Trinajstić information content (AvgIpc) is 3.03. The van der Waals surface area contributed by atoms with E-state index >= 15 is 0 Å². The molecule has 4 rings (SSSR count). The number of hydrogen-bond donors (Lipinski definition) is 2. The summed E-state index contributed by atoms with van der Waals surface area (Å²) in [6.07, 6.45) is 11.3. The second-order valence-corrected chi connectivity index (χ2v) is 11.7. The van der Waals surface area contributed by atoms with Crippen LogP contribution in [0.3, 0.4) is 0 Å². The largest absolute Gasteiger partial charge is 0.469 e. The number of carbonyl (C=O) groups excluding carboxylic acids is 1. The van der Waals surface area contributed by atoms with Gasteiger partial charge in [-0.2, -0.15) is 0 Å². The van der Waals surface area contributed by atoms with Gasteiger partial charge in [0.25, 0.3) is 0 Å². The lowest BCUT2D eigenvalue weighted by Gasteiger charge is -2.61. The first-order valence-corrected chi connectivity index (χ1v) is 12.1. The van der Waals surface area contributed by atoms with Crippen molar-refractivity contribution in [2.45, 2.75) is 97.2 Å². The van der Waals surface area contributed by atoms with Gasteiger partial charge in [-0.1, -0.05) is 20.8 Å². The number of ether oxygens (including phenoxy) is 1. The van der Waals surface area contributed by atoms with Crippen molar-refractivity contribution in [2.75, 3.05) is 7.11 Å². The van der Waals surface area contributed by atoms with Crippen molar-refractivity contribution in [3.8, 4) is 0 Å². The first-order chi connectivity index (χ1) is 13.6. The van der Waals surface area contributed by atoms with E-state index in [1.807, 2.05) is 0 Å². The molecule has 0 spiro atoms. The molecule has 0 bridgehead atoms. The molecule has 29 heavy (non-hydrogen) atoms. The molecule has 0 unspecified atom stereocenters. The maximum atomic E-state index is 11.6. The van der Waals surface area contributed by atoms with Crippen molar-refractivity contribution >= 4 is 5.97 Å². The summed E-state index contributed by atoms with van der Waals surface area (Å²) in [4.78, 5) is 11.6. The van der Waals surface area contributed by atoms with Crippen LogP contribution in [0.15, 0.2) is 0 Å². The molecule has 4 aliphatic rings. The van der Waals surface area contributed by atoms with Gasteiger partial charge in [-0.25, -0.2) is 0 Å². The molecule has 4 heteroatoms. The number of hydrogen-bond acceptors (Lipinski definition) is 4. The van der Waals surface area contributed by atoms with Crippen molar-refractivity contribution in [3.63, 3.8) is 0 Å². The van der Waals surface area contributed by atoms with Gasteiger partial charge in [0.05, 0.1) is 7.11 Å². The lowest BCUT2D eigenvalue weighted by molar-refractivity contribution is -0.233. The number of carbonyl (C=O) groups is 1. The molecule has 0 saturated heterocycles. The predicted octanol–water partition coefficient (Wildman–Crippen LogP) is 4.92. The molecular weight excluding hydrogens is 364 g/mol. The summed E-state index contributed by atoms with van der Waals surface area (Å²) in [6, 6.07) is 0. The highest BCUT2D eigenvalue weighted by atomic mass is 16.5. The van der Waals surface area contributed by atoms with Crippen molar-refractivity contribution < 1.29 is 19.7 Å². The van der Waals surface area contributed by atoms with Crippen LogP contribution in [0.2, 0.25) is 0 Å². The molecule has 2 N–H and O–H groups in total. The van der Waals surface area contributed by atoms with E-state index in [-0.39, 0.29) is 11.4 Å². The zero-order valence-electron chi connectivity index (χ0n) is 19.0. The van der Waals surface area contributed by atoms with Gasteiger partial charge in [0, 0.05) is 19.3 Å². The average molecular weight is 407 g/mol. The van der Waals surface area contributed by atoms with E-state index in [0.29, 0.717) is 36.5 Å². The monoisotopic (exact) mass is 406 g/mol. The summed E-state index contributed by atoms with van der Waals surface area (Å²) >= 11 is 0. The first-order valence-electron chi connectivity index (χ1n) is 12.1. The van der Waals surface area contributed by atoms with Crippen LogP contribution in [0.25, 0.3) is 0 Å². The topological polar surface area (TPSA) is 66.8 Å². The van der Waals surface area contributed by atoms with Crippen molar-refractivity contribution in [2.24, 2.45) is 46.3 Å². The summed E-state index contributed by atoms with van der Waals surface area (Å²) in [5, 5.41) is 20.5. The van der Waals surface area contributed by atoms with Gasteiger partial charge in [-0.05, 0) is 97.7 Å². The Labute approximate surface area is 176 Å². The second-order valence-electron chi connectivity index (χ2n) is 11.7. The van der Waals surface area contributed by atoms with E-state index in [1.54, 1.807) is 0 Å². The Morgan fingerprint density at radius 1 is 1.00 bits per heavy atom. The molecule has 4 nitrogen and oxygen atoms in total. The van der Waals surface area contributed by atoms with Gasteiger partial charge in [-0.15, -0.1) is 0 Å². The molecule has 0 aromatic rings. The Bertz CT molecular complexity index is 630. The van der Waals surface area contributed by atoms with E-state index in [2.05, 4.69) is 20.8 Å². The summed E-state index contributed by atoms with van der Waals surface area (Å²) < 4.78 is 4.87. The molecule has 4 aliphatic carbocycles. The molecule has 4 fully saturated rings. The molecule has 166 valence electrons. The van der Waals surface area contributed by atoms with Crippen LogP contribution in [0.4, 0.5) is 0 Å². The third kappa shape index (κ3) is 3.56. The highest BCUT2D eigenvalue weighted by molar-refractivity contribution is 5.69. The maximum absolute atomic E-state index is 11.6. The van der Waals surface area contributed by atoms with E-state index in [0.717, 1.165) is 42.9 Å². The fourth-order valence-electron chi connectivity index (χ4n) is 8.85. The van der Waals surface area contributed by atoms with Crippen molar-refractivity contribution in [3.05, 3.63) is 0 Å². The standard InChI is InChI=1S/C25H42O4/c1-16(5-10-22(26)29-4)19-8-9-20-18-7-6-17-15-25(27,28)14-13-23(17,2)21(18)11-12-24(19,20)3/h16-21,27-28H,5-15H2,1-4H3/t16-,17-,18+,19-,20+,21+,23+,24-/m1/s1. The number of esters is 1. The minimum absolute atomic E-state index is 0.0763. The van der Waals surface area contributed by atoms with E-state index < -0.39 is 5.79 Å². The van der Waals surface area contributed by atoms with Gasteiger partial charge >= 0.3 is 5.97 Å². The highest BCUT2D eigenvalue weighted by Gasteiger charge is 2.61. The maximum Gasteiger partial charge on any atom is 0.305 e. The lowest BCUT2D eigenvalue weighted by Crippen LogP contribution is -2.56. The Balaban J connectivity index is 1.49. The van der Waals surface area contributed by atoms with Crippen LogP contribution in [-0.4, -0.2) is 29.1 Å². The number of fused-ring (bicyclic) bond motifs is 5. The molecule has 0 radical (unpaired) electrons. The quantitative estimate of drug-likeness (QED) is 0.514. The molecule has 0 heterocycles. The summed E-state index contributed by atoms with van der Waals surface area (Å²) in [5.74, 6) is 2.61. The van der Waals surface area contributed by atoms with E-state index in [1.165, 1.54) is 39.2 Å². The Kier molecular flexibility index (Phi) is 5.60. The van der Waals surface area contributed by atoms with E-state index in [4.69, 9.17) is 4.74 Å². The Morgan fingerprint density at radius 2 is 1.72 bits per heavy atom. The second kappa shape index (κ2) is 7.51. The Hall–Kier alpha value is -0.610. The molecular formula is C25H42O4. The summed E-state index contributed by atoms with van der Waals surface area (Å²) in [7, 11) is 1.49. The molecule has 8 atom stereocenters. The number of aliphatic hydroxyl groups is 2. The molecule has 0 aromatic heterocycles. The van der Waals surface area contributed by atoms with Crippen LogP contribution in [-0.2, 0) is 9.53 Å². The van der Waals surface area contributed by atoms with Crippen LogP contribution >= 0.6 is 0 Å². The van der Waals surface area contributed by atoms with Crippen molar-refractivity contribution in [1.82, 2.24) is 0 Å². The fourth-order valence-corrected chi connectivity index (χ4v) is 8.85. The SMILES string of the molecule is COC(=O)CC[C@@H](C)[C@H]1CC[C@H]2[C@@H]3CC[C@@H]4CC(O)(O)CC[C@]4(C)[C@H]3CC[C@]12C. The third-order valence-electron chi connectivity index (χ3n) is 10.5. The smallest absolute Gasteiger partial charge is 0.305 e. The summed E-state index contributed by atoms with van der Waals surface area (Å²) in [5.41, 5.74) is 0.695. The highest BCUT2D eigenvalue weighted by Crippen LogP contribution is 2.68. The molecule has 4 saturated carbocycles. The number of rotatable bonds is 4. The van der Waals surface area contributed by atoms with Crippen LogP contribution in [0, 0.1) is 46.3 Å². The summed E-state index contributed by atoms with van der Waals surface area (Å²) in [6.45, 7) is 7.38. The Morgan fingerprint density at radius 3 is 2.45 bits per heavy atom. The van der Waals surface area contributed by atoms with Crippen LogP contribution in [0.5, 0.6) is 0 Å².